The first kappa shape index (κ1) is 48.0. The van der Waals surface area contributed by atoms with Gasteiger partial charge in [-0.05, 0) is 211 Å². The summed E-state index contributed by atoms with van der Waals surface area (Å²) in [6.45, 7) is 36.7. The molecule has 10 nitrogen and oxygen atoms in total. The molecule has 342 valence electrons. The first-order valence-electron chi connectivity index (χ1n) is 23.3. The van der Waals surface area contributed by atoms with Gasteiger partial charge in [0.2, 0.25) is 0 Å². The van der Waals surface area contributed by atoms with Gasteiger partial charge in [0.15, 0.2) is 23.3 Å². The molecule has 4 aliphatic heterocycles. The molecule has 0 aromatic heterocycles. The molecule has 0 spiro atoms. The third kappa shape index (κ3) is 11.2. The maximum Gasteiger partial charge on any atom is 0.161 e. The Balaban J connectivity index is 1.30. The summed E-state index contributed by atoms with van der Waals surface area (Å²) < 4.78 is 0. The van der Waals surface area contributed by atoms with Crippen LogP contribution in [0.1, 0.15) is 173 Å². The molecule has 0 bridgehead atoms. The average Bonchev–Trinajstić information content (AvgIpc) is 3.05. The van der Waals surface area contributed by atoms with Crippen molar-refractivity contribution in [2.45, 2.75) is 231 Å². The molecule has 0 radical (unpaired) electrons. The van der Waals surface area contributed by atoms with Crippen LogP contribution in [0, 0.1) is 0 Å². The lowest BCUT2D eigenvalue weighted by Crippen LogP contribution is -2.67. The lowest BCUT2D eigenvalue weighted by Gasteiger charge is -2.56. The monoisotopic (exact) mass is 852 g/mol. The molecule has 2 aromatic rings. The Bertz CT molecular complexity index is 1750. The minimum absolute atomic E-state index is 0.0518. The van der Waals surface area contributed by atoms with E-state index in [4.69, 9.17) is 0 Å². The van der Waals surface area contributed by atoms with Gasteiger partial charge < -0.3 is 31.1 Å². The summed E-state index contributed by atoms with van der Waals surface area (Å²) in [6.07, 6.45) is 7.88. The minimum Gasteiger partial charge on any atom is -0.365 e. The molecule has 2 aromatic carbocycles. The first-order chi connectivity index (χ1) is 28.3. The predicted octanol–water partition coefficient (Wildman–Crippen LogP) is 9.27. The zero-order chi connectivity index (χ0) is 46.1. The van der Waals surface area contributed by atoms with Crippen molar-refractivity contribution in [3.05, 3.63) is 59.7 Å². The lowest BCUT2D eigenvalue weighted by atomic mass is 9.75. The quantitative estimate of drug-likeness (QED) is 0.117. The summed E-state index contributed by atoms with van der Waals surface area (Å²) in [5, 5.41) is 27.8. The van der Waals surface area contributed by atoms with Crippen LogP contribution in [0.3, 0.4) is 0 Å². The average molecular weight is 852 g/mol. The Morgan fingerprint density at radius 1 is 0.419 bits per heavy atom. The fraction of sp³-hybridized carbons (Fsp3) is 0.692. The van der Waals surface area contributed by atoms with Gasteiger partial charge in [-0.15, -0.1) is 0 Å². The van der Waals surface area contributed by atoms with E-state index in [0.717, 1.165) is 62.7 Å². The summed E-state index contributed by atoms with van der Waals surface area (Å²) in [5.41, 5.74) is 2.39. The zero-order valence-corrected chi connectivity index (χ0v) is 41.2. The molecule has 62 heavy (non-hydrogen) atoms. The van der Waals surface area contributed by atoms with Gasteiger partial charge in [-0.2, -0.15) is 0 Å². The molecule has 0 amide bonds. The van der Waals surface area contributed by atoms with E-state index in [1.165, 1.54) is 0 Å². The van der Waals surface area contributed by atoms with Gasteiger partial charge in [0, 0.05) is 91.0 Å². The summed E-state index contributed by atoms with van der Waals surface area (Å²) >= 11 is 0. The van der Waals surface area contributed by atoms with E-state index >= 15 is 0 Å². The number of hydroxylamine groups is 2. The largest absolute Gasteiger partial charge is 0.365 e. The van der Waals surface area contributed by atoms with Crippen LogP contribution in [0.5, 0.6) is 0 Å². The van der Waals surface area contributed by atoms with Crippen molar-refractivity contribution in [3.8, 4) is 0 Å². The fourth-order valence-electron chi connectivity index (χ4n) is 13.4. The van der Waals surface area contributed by atoms with Crippen LogP contribution in [0.25, 0.3) is 11.4 Å². The molecular formula is C52H81N7O3. The van der Waals surface area contributed by atoms with E-state index in [0.29, 0.717) is 16.2 Å². The van der Waals surface area contributed by atoms with Crippen molar-refractivity contribution < 1.29 is 14.8 Å². The van der Waals surface area contributed by atoms with Crippen molar-refractivity contribution in [2.75, 3.05) is 9.80 Å². The van der Waals surface area contributed by atoms with Crippen molar-refractivity contribution in [1.82, 2.24) is 26.3 Å². The third-order valence-electron chi connectivity index (χ3n) is 13.7. The minimum atomic E-state index is -0.140. The summed E-state index contributed by atoms with van der Waals surface area (Å²) in [6, 6.07) is 16.8. The molecular weight excluding hydrogens is 771 g/mol. The standard InChI is InChI=1S/C52H81N7O3/c1-45(2)25-39(26-46(3,4)53-45)57(40-27-47(5,6)54-48(7,8)28-40)37-21-17-35(18-22-37)43(33-60)59(62)44(34-61)36-19-23-38(24-20-36)58(41-29-49(9,10)55-50(11,12)30-41)42-31-51(13,14)56-52(15,16)32-42/h17-24,39-42,53-56,62H,25-32H2,1-16H3. The van der Waals surface area contributed by atoms with Gasteiger partial charge in [0.25, 0.3) is 0 Å². The Kier molecular flexibility index (Phi) is 12.8. The molecule has 0 saturated carbocycles. The second kappa shape index (κ2) is 16.5. The van der Waals surface area contributed by atoms with E-state index in [-0.39, 0.29) is 79.9 Å². The Morgan fingerprint density at radius 2 is 0.613 bits per heavy atom. The lowest BCUT2D eigenvalue weighted by molar-refractivity contribution is 0.0402. The molecule has 6 rings (SSSR count). The van der Waals surface area contributed by atoms with Crippen LogP contribution < -0.4 is 31.1 Å². The molecule has 0 aliphatic carbocycles. The summed E-state index contributed by atoms with van der Waals surface area (Å²) in [4.78, 5) is 30.8. The predicted molar refractivity (Wildman–Crippen MR) is 257 cm³/mol. The van der Waals surface area contributed by atoms with Crippen LogP contribution in [0.15, 0.2) is 48.5 Å². The van der Waals surface area contributed by atoms with Crippen LogP contribution >= 0.6 is 0 Å². The van der Waals surface area contributed by atoms with Crippen molar-refractivity contribution in [3.63, 3.8) is 0 Å². The number of hydrogen-bond acceptors (Lipinski definition) is 10. The fourth-order valence-corrected chi connectivity index (χ4v) is 13.4. The van der Waals surface area contributed by atoms with Crippen LogP contribution in [0.4, 0.5) is 11.4 Å². The van der Waals surface area contributed by atoms with Gasteiger partial charge in [-0.3, -0.25) is 5.21 Å². The molecule has 4 saturated heterocycles. The van der Waals surface area contributed by atoms with Crippen molar-refractivity contribution in [2.24, 2.45) is 0 Å². The maximum absolute atomic E-state index is 12.8. The molecule has 4 aliphatic rings. The van der Waals surface area contributed by atoms with Gasteiger partial charge >= 0.3 is 0 Å². The van der Waals surface area contributed by atoms with E-state index in [9.17, 15) is 14.8 Å². The second-order valence-corrected chi connectivity index (χ2v) is 24.9. The molecule has 0 atom stereocenters. The number of rotatable bonds is 10. The highest BCUT2D eigenvalue weighted by atomic mass is 16.5. The maximum atomic E-state index is 12.8. The van der Waals surface area contributed by atoms with Gasteiger partial charge in [0.1, 0.15) is 0 Å². The first-order valence-corrected chi connectivity index (χ1v) is 23.3. The third-order valence-corrected chi connectivity index (χ3v) is 13.7. The highest BCUT2D eigenvalue weighted by Crippen LogP contribution is 2.43. The van der Waals surface area contributed by atoms with Gasteiger partial charge in [-0.1, -0.05) is 0 Å². The van der Waals surface area contributed by atoms with Crippen LogP contribution in [-0.2, 0) is 9.59 Å². The molecule has 10 heteroatoms. The van der Waals surface area contributed by atoms with Gasteiger partial charge in [-0.25, -0.2) is 14.7 Å². The Hall–Kier alpha value is -3.46. The molecule has 4 heterocycles. The van der Waals surface area contributed by atoms with E-state index in [1.54, 1.807) is 0 Å². The Labute approximate surface area is 374 Å². The van der Waals surface area contributed by atoms with Crippen molar-refractivity contribution in [1.29, 1.82) is 0 Å². The highest BCUT2D eigenvalue weighted by molar-refractivity contribution is 5.96. The SMILES string of the molecule is CC1(C)CC(N(c2ccc(C(=C=O)N(O)C(=C=O)c3ccc(N(C4CC(C)(C)NC(C)(C)C4)C4CC(C)(C)NC(C)(C)C4)cc3)cc2)C2CC(C)(C)NC(C)(C)C2)CC(C)(C)N1. The zero-order valence-electron chi connectivity index (χ0n) is 41.2. The highest BCUT2D eigenvalue weighted by Gasteiger charge is 2.48. The van der Waals surface area contributed by atoms with Gasteiger partial charge in [0.05, 0.1) is 0 Å². The van der Waals surface area contributed by atoms with E-state index in [2.05, 4.69) is 166 Å². The number of nitrogens with zero attached hydrogens (tertiary/aromatic N) is 3. The Morgan fingerprint density at radius 3 is 0.790 bits per heavy atom. The molecule has 4 fully saturated rings. The van der Waals surface area contributed by atoms with Crippen LogP contribution in [-0.4, -0.2) is 90.6 Å². The normalized spacial score (nSPS) is 25.2. The molecule has 5 N–H and O–H groups in total. The van der Waals surface area contributed by atoms with E-state index < -0.39 is 0 Å². The number of nitrogens with one attached hydrogen (secondary N) is 4. The topological polar surface area (TPSA) is 112 Å². The smallest absolute Gasteiger partial charge is 0.161 e. The molecule has 0 unspecified atom stereocenters. The summed E-state index contributed by atoms with van der Waals surface area (Å²) in [5.74, 6) is 3.92. The number of carbonyl (C=O) groups excluding carboxylic acids is 2. The van der Waals surface area contributed by atoms with E-state index in [1.807, 2.05) is 36.1 Å². The number of piperidine rings is 4. The second-order valence-electron chi connectivity index (χ2n) is 24.9. The van der Waals surface area contributed by atoms with Crippen molar-refractivity contribution >= 4 is 34.7 Å². The van der Waals surface area contributed by atoms with Crippen LogP contribution in [0.2, 0.25) is 0 Å². The number of hydrogen-bond donors (Lipinski definition) is 5. The summed E-state index contributed by atoms with van der Waals surface area (Å²) in [7, 11) is 0. The number of anilines is 2. The number of benzene rings is 2.